The Kier molecular flexibility index (Phi) is 3.68. The van der Waals surface area contributed by atoms with Crippen LogP contribution in [0, 0.1) is 10.1 Å². The zero-order valence-electron chi connectivity index (χ0n) is 11.8. The Morgan fingerprint density at radius 2 is 1.96 bits per heavy atom. The third kappa shape index (κ3) is 2.84. The third-order valence-corrected chi connectivity index (χ3v) is 3.23. The SMILES string of the molecule is O=C(O)COc1ccc2c(-c3ccccc3)c([N+](=O)[O-])oc2c1. The highest BCUT2D eigenvalue weighted by atomic mass is 16.6. The summed E-state index contributed by atoms with van der Waals surface area (Å²) in [7, 11) is 0. The number of rotatable bonds is 5. The van der Waals surface area contributed by atoms with Crippen molar-refractivity contribution in [2.45, 2.75) is 0 Å². The Bertz CT molecular complexity index is 884. The Hall–Kier alpha value is -3.35. The van der Waals surface area contributed by atoms with Crippen molar-refractivity contribution < 1.29 is 24.0 Å². The zero-order chi connectivity index (χ0) is 16.4. The fourth-order valence-electron chi connectivity index (χ4n) is 2.31. The summed E-state index contributed by atoms with van der Waals surface area (Å²) in [5.41, 5.74) is 1.31. The van der Waals surface area contributed by atoms with Crippen molar-refractivity contribution in [3.8, 4) is 16.9 Å². The fourth-order valence-corrected chi connectivity index (χ4v) is 2.31. The van der Waals surface area contributed by atoms with E-state index in [1.807, 2.05) is 6.07 Å². The molecule has 3 aromatic rings. The summed E-state index contributed by atoms with van der Waals surface area (Å²) in [4.78, 5) is 21.2. The number of carboxylic acids is 1. The quantitative estimate of drug-likeness (QED) is 0.571. The molecule has 2 aromatic carbocycles. The molecule has 0 atom stereocenters. The van der Waals surface area contributed by atoms with Crippen molar-refractivity contribution in [3.05, 3.63) is 58.6 Å². The molecule has 116 valence electrons. The molecule has 1 aromatic heterocycles. The van der Waals surface area contributed by atoms with Crippen molar-refractivity contribution in [2.75, 3.05) is 6.61 Å². The van der Waals surface area contributed by atoms with Gasteiger partial charge in [0.05, 0.1) is 0 Å². The van der Waals surface area contributed by atoms with Crippen molar-refractivity contribution in [3.63, 3.8) is 0 Å². The van der Waals surface area contributed by atoms with Crippen LogP contribution >= 0.6 is 0 Å². The lowest BCUT2D eigenvalue weighted by Gasteiger charge is -2.02. The number of furan rings is 1. The van der Waals surface area contributed by atoms with Gasteiger partial charge in [0.2, 0.25) is 0 Å². The van der Waals surface area contributed by atoms with E-state index in [9.17, 15) is 14.9 Å². The molecule has 0 amide bonds. The number of hydrogen-bond acceptors (Lipinski definition) is 5. The molecule has 7 heteroatoms. The Morgan fingerprint density at radius 1 is 1.22 bits per heavy atom. The molecule has 0 saturated carbocycles. The van der Waals surface area contributed by atoms with Gasteiger partial charge in [0.25, 0.3) is 0 Å². The molecular formula is C16H11NO6. The molecule has 0 aliphatic rings. The van der Waals surface area contributed by atoms with Gasteiger partial charge in [-0.2, -0.15) is 0 Å². The number of fused-ring (bicyclic) bond motifs is 1. The average Bonchev–Trinajstić information content (AvgIpc) is 2.92. The molecule has 0 bridgehead atoms. The van der Waals surface area contributed by atoms with Crippen molar-refractivity contribution in [2.24, 2.45) is 0 Å². The van der Waals surface area contributed by atoms with E-state index in [1.54, 1.807) is 36.4 Å². The molecule has 0 saturated heterocycles. The monoisotopic (exact) mass is 313 g/mol. The lowest BCUT2D eigenvalue weighted by atomic mass is 10.0. The van der Waals surface area contributed by atoms with Gasteiger partial charge < -0.3 is 14.3 Å². The van der Waals surface area contributed by atoms with Crippen molar-refractivity contribution >= 4 is 22.8 Å². The van der Waals surface area contributed by atoms with E-state index in [4.69, 9.17) is 14.3 Å². The summed E-state index contributed by atoms with van der Waals surface area (Å²) < 4.78 is 10.4. The summed E-state index contributed by atoms with van der Waals surface area (Å²) in [5, 5.41) is 20.4. The van der Waals surface area contributed by atoms with Gasteiger partial charge in [-0.1, -0.05) is 30.3 Å². The molecule has 0 spiro atoms. The summed E-state index contributed by atoms with van der Waals surface area (Å²) >= 11 is 0. The molecule has 7 nitrogen and oxygen atoms in total. The second-order valence-corrected chi connectivity index (χ2v) is 4.75. The summed E-state index contributed by atoms with van der Waals surface area (Å²) in [6.07, 6.45) is 0. The maximum Gasteiger partial charge on any atom is 0.442 e. The highest BCUT2D eigenvalue weighted by Gasteiger charge is 2.25. The number of hydrogen-bond donors (Lipinski definition) is 1. The molecule has 0 aliphatic heterocycles. The fraction of sp³-hybridized carbons (Fsp3) is 0.0625. The van der Waals surface area contributed by atoms with Crippen LogP contribution in [0.1, 0.15) is 0 Å². The van der Waals surface area contributed by atoms with E-state index in [1.165, 1.54) is 6.07 Å². The smallest absolute Gasteiger partial charge is 0.442 e. The molecule has 0 radical (unpaired) electrons. The van der Waals surface area contributed by atoms with E-state index < -0.39 is 17.5 Å². The maximum absolute atomic E-state index is 11.3. The first-order valence-corrected chi connectivity index (χ1v) is 6.67. The molecule has 0 fully saturated rings. The number of aliphatic carboxylic acids is 1. The minimum atomic E-state index is -1.11. The first kappa shape index (κ1) is 14.6. The topological polar surface area (TPSA) is 103 Å². The van der Waals surface area contributed by atoms with Crippen LogP contribution in [-0.2, 0) is 4.79 Å². The molecule has 0 unspecified atom stereocenters. The Morgan fingerprint density at radius 3 is 2.61 bits per heavy atom. The maximum atomic E-state index is 11.3. The molecular weight excluding hydrogens is 302 g/mol. The second-order valence-electron chi connectivity index (χ2n) is 4.75. The number of nitro groups is 1. The number of ether oxygens (including phenoxy) is 1. The predicted octanol–water partition coefficient (Wildman–Crippen LogP) is 3.47. The number of nitrogens with zero attached hydrogens (tertiary/aromatic N) is 1. The average molecular weight is 313 g/mol. The van der Waals surface area contributed by atoms with Crippen molar-refractivity contribution in [1.29, 1.82) is 0 Å². The summed E-state index contributed by atoms with van der Waals surface area (Å²) in [6.45, 7) is -0.500. The predicted molar refractivity (Wildman–Crippen MR) is 81.4 cm³/mol. The van der Waals surface area contributed by atoms with Crippen LogP contribution in [0.3, 0.4) is 0 Å². The number of carboxylic acid groups (broad SMARTS) is 1. The van der Waals surface area contributed by atoms with Gasteiger partial charge in [-0.25, -0.2) is 4.79 Å². The number of benzene rings is 2. The van der Waals surface area contributed by atoms with E-state index in [0.29, 0.717) is 16.5 Å². The molecule has 23 heavy (non-hydrogen) atoms. The minimum Gasteiger partial charge on any atom is -0.482 e. The van der Waals surface area contributed by atoms with E-state index in [0.717, 1.165) is 0 Å². The van der Waals surface area contributed by atoms with Crippen LogP contribution in [0.5, 0.6) is 5.75 Å². The second kappa shape index (κ2) is 5.80. The molecule has 1 N–H and O–H groups in total. The largest absolute Gasteiger partial charge is 0.482 e. The molecule has 1 heterocycles. The van der Waals surface area contributed by atoms with Crippen LogP contribution in [0.15, 0.2) is 52.9 Å². The Labute approximate surface area is 129 Å². The van der Waals surface area contributed by atoms with Crippen LogP contribution in [0.2, 0.25) is 0 Å². The lowest BCUT2D eigenvalue weighted by molar-refractivity contribution is -0.400. The lowest BCUT2D eigenvalue weighted by Crippen LogP contribution is -2.09. The third-order valence-electron chi connectivity index (χ3n) is 3.23. The van der Waals surface area contributed by atoms with E-state index in [-0.39, 0.29) is 17.2 Å². The van der Waals surface area contributed by atoms with Gasteiger partial charge in [0, 0.05) is 11.5 Å². The highest BCUT2D eigenvalue weighted by molar-refractivity contribution is 5.99. The zero-order valence-corrected chi connectivity index (χ0v) is 11.8. The van der Waals surface area contributed by atoms with Crippen LogP contribution in [0.25, 0.3) is 22.1 Å². The van der Waals surface area contributed by atoms with Crippen LogP contribution < -0.4 is 4.74 Å². The standard InChI is InChI=1S/C16H11NO6/c18-14(19)9-22-11-6-7-12-13(8-11)23-16(17(20)21)15(12)10-4-2-1-3-5-10/h1-8H,9H2,(H,18,19). The van der Waals surface area contributed by atoms with Gasteiger partial charge in [-0.15, -0.1) is 0 Å². The van der Waals surface area contributed by atoms with Gasteiger partial charge in [0.1, 0.15) is 21.8 Å². The van der Waals surface area contributed by atoms with Gasteiger partial charge in [-0.05, 0) is 17.7 Å². The van der Waals surface area contributed by atoms with Crippen molar-refractivity contribution in [1.82, 2.24) is 0 Å². The van der Waals surface area contributed by atoms with Crippen LogP contribution in [0.4, 0.5) is 5.88 Å². The Balaban J connectivity index is 2.13. The van der Waals surface area contributed by atoms with Gasteiger partial charge in [-0.3, -0.25) is 10.1 Å². The van der Waals surface area contributed by atoms with E-state index in [2.05, 4.69) is 0 Å². The number of carbonyl (C=O) groups is 1. The molecule has 0 aliphatic carbocycles. The minimum absolute atomic E-state index is 0.262. The van der Waals surface area contributed by atoms with Crippen LogP contribution in [-0.4, -0.2) is 22.6 Å². The highest BCUT2D eigenvalue weighted by Crippen LogP contribution is 2.40. The van der Waals surface area contributed by atoms with Gasteiger partial charge >= 0.3 is 11.9 Å². The first-order valence-electron chi connectivity index (χ1n) is 6.67. The van der Waals surface area contributed by atoms with E-state index >= 15 is 0 Å². The summed E-state index contributed by atoms with van der Waals surface area (Å²) in [5.74, 6) is -1.20. The van der Waals surface area contributed by atoms with Gasteiger partial charge in [0.15, 0.2) is 6.61 Å². The summed E-state index contributed by atoms with van der Waals surface area (Å²) in [6, 6.07) is 13.5. The first-order chi connectivity index (χ1) is 11.1. The normalized spacial score (nSPS) is 10.6. The molecule has 3 rings (SSSR count).